The molecule has 0 unspecified atom stereocenters. The monoisotopic (exact) mass is 365 g/mol. The van der Waals surface area contributed by atoms with E-state index in [-0.39, 0.29) is 12.2 Å². The van der Waals surface area contributed by atoms with E-state index in [1.54, 1.807) is 48.5 Å². The van der Waals surface area contributed by atoms with Crippen LogP contribution in [0.1, 0.15) is 10.4 Å². The molecule has 8 heteroatoms. The van der Waals surface area contributed by atoms with E-state index < -0.39 is 23.5 Å². The second kappa shape index (κ2) is 6.83. The van der Waals surface area contributed by atoms with Gasteiger partial charge in [0.2, 0.25) is 11.7 Å². The van der Waals surface area contributed by atoms with Crippen LogP contribution in [0, 0.1) is 0 Å². The fourth-order valence-corrected chi connectivity index (χ4v) is 2.81. The number of aromatic amines is 1. The minimum atomic E-state index is -0.906. The third-order valence-electron chi connectivity index (χ3n) is 4.10. The van der Waals surface area contributed by atoms with Gasteiger partial charge in [-0.05, 0) is 18.2 Å². The van der Waals surface area contributed by atoms with Crippen molar-refractivity contribution >= 4 is 22.7 Å². The largest absolute Gasteiger partial charge is 0.485 e. The number of hydrogen-bond acceptors (Lipinski definition) is 5. The average Bonchev–Trinajstić information content (AvgIpc) is 2.70. The number of pyridine rings is 1. The molecule has 3 aromatic rings. The molecule has 2 heterocycles. The molecule has 0 spiro atoms. The number of hydrogen-bond donors (Lipinski definition) is 3. The lowest BCUT2D eigenvalue weighted by Gasteiger charge is -2.25. The average molecular weight is 365 g/mol. The van der Waals surface area contributed by atoms with Crippen LogP contribution in [0.15, 0.2) is 59.4 Å². The quantitative estimate of drug-likeness (QED) is 0.590. The summed E-state index contributed by atoms with van der Waals surface area (Å²) in [5.74, 6) is -0.161. The third-order valence-corrected chi connectivity index (χ3v) is 4.10. The van der Waals surface area contributed by atoms with E-state index in [4.69, 9.17) is 9.47 Å². The normalized spacial score (nSPS) is 15.2. The molecule has 1 atom stereocenters. The second-order valence-corrected chi connectivity index (χ2v) is 5.90. The minimum absolute atomic E-state index is 0.0205. The fraction of sp³-hybridized carbons (Fsp3) is 0.105. The summed E-state index contributed by atoms with van der Waals surface area (Å²) in [5, 5.41) is 0.565. The van der Waals surface area contributed by atoms with Crippen molar-refractivity contribution in [3.8, 4) is 11.5 Å². The summed E-state index contributed by atoms with van der Waals surface area (Å²) in [7, 11) is 0. The van der Waals surface area contributed by atoms with Crippen LogP contribution < -0.4 is 25.9 Å². The second-order valence-electron chi connectivity index (χ2n) is 5.90. The minimum Gasteiger partial charge on any atom is -0.485 e. The Hall–Kier alpha value is -3.81. The topological polar surface area (TPSA) is 110 Å². The number of H-pyrrole nitrogens is 1. The Bertz CT molecular complexity index is 1090. The van der Waals surface area contributed by atoms with Crippen LogP contribution in [-0.4, -0.2) is 29.5 Å². The number of fused-ring (bicyclic) bond motifs is 2. The van der Waals surface area contributed by atoms with Gasteiger partial charge in [0.15, 0.2) is 11.5 Å². The fourth-order valence-electron chi connectivity index (χ4n) is 2.81. The van der Waals surface area contributed by atoms with Crippen molar-refractivity contribution < 1.29 is 19.1 Å². The Morgan fingerprint density at radius 2 is 1.74 bits per heavy atom. The number of ether oxygens (including phenoxy) is 2. The Labute approximate surface area is 153 Å². The molecule has 0 aliphatic carbocycles. The van der Waals surface area contributed by atoms with Crippen molar-refractivity contribution in [2.24, 2.45) is 0 Å². The zero-order valence-electron chi connectivity index (χ0n) is 14.0. The number of benzene rings is 2. The Morgan fingerprint density at radius 1 is 1.00 bits per heavy atom. The van der Waals surface area contributed by atoms with Crippen LogP contribution in [0.2, 0.25) is 0 Å². The van der Waals surface area contributed by atoms with Gasteiger partial charge in [-0.25, -0.2) is 0 Å². The number of rotatable bonds is 2. The lowest BCUT2D eigenvalue weighted by atomic mass is 10.1. The summed E-state index contributed by atoms with van der Waals surface area (Å²) in [4.78, 5) is 39.1. The molecule has 8 nitrogen and oxygen atoms in total. The highest BCUT2D eigenvalue weighted by atomic mass is 16.6. The van der Waals surface area contributed by atoms with E-state index in [1.165, 1.54) is 6.07 Å². The van der Waals surface area contributed by atoms with Crippen molar-refractivity contribution in [1.82, 2.24) is 15.8 Å². The first kappa shape index (κ1) is 16.6. The van der Waals surface area contributed by atoms with E-state index >= 15 is 0 Å². The molecule has 0 saturated heterocycles. The van der Waals surface area contributed by atoms with Gasteiger partial charge in [-0.1, -0.05) is 30.3 Å². The van der Waals surface area contributed by atoms with Gasteiger partial charge in [0.25, 0.3) is 11.8 Å². The van der Waals surface area contributed by atoms with Gasteiger partial charge in [0.05, 0.1) is 5.56 Å². The van der Waals surface area contributed by atoms with Crippen LogP contribution in [0.3, 0.4) is 0 Å². The molecule has 1 aliphatic rings. The number of nitrogens with one attached hydrogen (secondary N) is 3. The third kappa shape index (κ3) is 3.32. The molecule has 0 fully saturated rings. The van der Waals surface area contributed by atoms with Crippen molar-refractivity contribution in [1.29, 1.82) is 0 Å². The lowest BCUT2D eigenvalue weighted by Crippen LogP contribution is -2.51. The van der Waals surface area contributed by atoms with Crippen molar-refractivity contribution in [3.63, 3.8) is 0 Å². The highest BCUT2D eigenvalue weighted by Crippen LogP contribution is 2.30. The maximum atomic E-state index is 12.4. The van der Waals surface area contributed by atoms with Crippen molar-refractivity contribution in [2.75, 3.05) is 6.61 Å². The number of para-hydroxylation sites is 3. The molecule has 27 heavy (non-hydrogen) atoms. The van der Waals surface area contributed by atoms with Gasteiger partial charge in [0, 0.05) is 17.0 Å². The molecule has 0 radical (unpaired) electrons. The lowest BCUT2D eigenvalue weighted by molar-refractivity contribution is -0.131. The van der Waals surface area contributed by atoms with E-state index in [2.05, 4.69) is 15.8 Å². The maximum Gasteiger partial charge on any atom is 0.283 e. The van der Waals surface area contributed by atoms with Gasteiger partial charge >= 0.3 is 0 Å². The molecule has 3 N–H and O–H groups in total. The SMILES string of the molecule is O=C(NNC(=O)[C@@H]1COc2ccccc2O1)c1cc(=O)[nH]c2ccccc12. The first-order chi connectivity index (χ1) is 13.1. The Kier molecular flexibility index (Phi) is 4.21. The number of amides is 2. The van der Waals surface area contributed by atoms with Gasteiger partial charge in [0.1, 0.15) is 6.61 Å². The zero-order chi connectivity index (χ0) is 18.8. The van der Waals surface area contributed by atoms with Crippen LogP contribution in [0.4, 0.5) is 0 Å². The highest BCUT2D eigenvalue weighted by molar-refractivity contribution is 6.06. The van der Waals surface area contributed by atoms with Crippen LogP contribution in [0.5, 0.6) is 11.5 Å². The molecule has 2 aromatic carbocycles. The predicted molar refractivity (Wildman–Crippen MR) is 96.5 cm³/mol. The predicted octanol–water partition coefficient (Wildman–Crippen LogP) is 1.13. The van der Waals surface area contributed by atoms with Gasteiger partial charge in [-0.15, -0.1) is 0 Å². The van der Waals surface area contributed by atoms with E-state index in [0.717, 1.165) is 0 Å². The number of aromatic nitrogens is 1. The smallest absolute Gasteiger partial charge is 0.283 e. The summed E-state index contributed by atoms with van der Waals surface area (Å²) in [6, 6.07) is 15.1. The number of carbonyl (C=O) groups excluding carboxylic acids is 2. The van der Waals surface area contributed by atoms with E-state index in [9.17, 15) is 14.4 Å². The molecular weight excluding hydrogens is 350 g/mol. The molecule has 1 aromatic heterocycles. The molecular formula is C19H15N3O5. The highest BCUT2D eigenvalue weighted by Gasteiger charge is 2.27. The standard InChI is InChI=1S/C19H15N3O5/c23-17-9-12(11-5-1-2-6-13(11)20-17)18(24)21-22-19(25)16-10-26-14-7-3-4-8-15(14)27-16/h1-9,16H,10H2,(H,20,23)(H,21,24)(H,22,25)/t16-/m0/s1. The van der Waals surface area contributed by atoms with Gasteiger partial charge in [-0.3, -0.25) is 25.2 Å². The van der Waals surface area contributed by atoms with Crippen molar-refractivity contribution in [3.05, 3.63) is 70.5 Å². The molecule has 4 rings (SSSR count). The first-order valence-electron chi connectivity index (χ1n) is 8.22. The van der Waals surface area contributed by atoms with E-state index in [0.29, 0.717) is 22.4 Å². The molecule has 2 amide bonds. The molecule has 1 aliphatic heterocycles. The first-order valence-corrected chi connectivity index (χ1v) is 8.22. The van der Waals surface area contributed by atoms with Crippen LogP contribution in [0.25, 0.3) is 10.9 Å². The van der Waals surface area contributed by atoms with Crippen LogP contribution in [-0.2, 0) is 4.79 Å². The zero-order valence-corrected chi connectivity index (χ0v) is 14.0. The van der Waals surface area contributed by atoms with E-state index in [1.807, 2.05) is 0 Å². The molecule has 0 saturated carbocycles. The number of hydrazine groups is 1. The molecule has 0 bridgehead atoms. The Morgan fingerprint density at radius 3 is 2.59 bits per heavy atom. The van der Waals surface area contributed by atoms with Crippen LogP contribution >= 0.6 is 0 Å². The molecule has 136 valence electrons. The summed E-state index contributed by atoms with van der Waals surface area (Å²) < 4.78 is 11.1. The number of carbonyl (C=O) groups is 2. The summed E-state index contributed by atoms with van der Waals surface area (Å²) in [5.41, 5.74) is 4.89. The van der Waals surface area contributed by atoms with Gasteiger partial charge < -0.3 is 14.5 Å². The maximum absolute atomic E-state index is 12.4. The van der Waals surface area contributed by atoms with Crippen molar-refractivity contribution in [2.45, 2.75) is 6.10 Å². The summed E-state index contributed by atoms with van der Waals surface area (Å²) in [6.07, 6.45) is -0.906. The Balaban J connectivity index is 1.46. The summed E-state index contributed by atoms with van der Waals surface area (Å²) >= 11 is 0. The van der Waals surface area contributed by atoms with Gasteiger partial charge in [-0.2, -0.15) is 0 Å². The summed E-state index contributed by atoms with van der Waals surface area (Å²) in [6.45, 7) is 0.0205.